The average molecular weight is 427 g/mol. The average Bonchev–Trinajstić information content (AvgIpc) is 3.29. The topological polar surface area (TPSA) is 94.3 Å². The summed E-state index contributed by atoms with van der Waals surface area (Å²) in [6, 6.07) is 21.6. The van der Waals surface area contributed by atoms with Crippen molar-refractivity contribution < 1.29 is 18.8 Å². The number of aryl methyl sites for hydroxylation is 1. The Kier molecular flexibility index (Phi) is 6.07. The van der Waals surface area contributed by atoms with E-state index in [9.17, 15) is 9.59 Å². The maximum Gasteiger partial charge on any atom is 0.262 e. The number of amides is 1. The first-order valence-electron chi connectivity index (χ1n) is 10.0. The van der Waals surface area contributed by atoms with Gasteiger partial charge in [0.05, 0.1) is 0 Å². The maximum atomic E-state index is 12.2. The van der Waals surface area contributed by atoms with E-state index in [1.165, 1.54) is 6.92 Å². The van der Waals surface area contributed by atoms with Crippen LogP contribution in [0.5, 0.6) is 5.75 Å². The zero-order chi connectivity index (χ0) is 22.5. The number of aromatic nitrogens is 2. The lowest BCUT2D eigenvalue weighted by molar-refractivity contribution is -0.118. The lowest BCUT2D eigenvalue weighted by atomic mass is 10.1. The van der Waals surface area contributed by atoms with Crippen molar-refractivity contribution in [1.82, 2.24) is 10.1 Å². The third-order valence-corrected chi connectivity index (χ3v) is 4.76. The van der Waals surface area contributed by atoms with Crippen molar-refractivity contribution in [2.24, 2.45) is 0 Å². The number of Topliss-reactive ketones (excluding diaryl/α,β-unsaturated/α-hetero) is 1. The van der Waals surface area contributed by atoms with Crippen molar-refractivity contribution in [2.45, 2.75) is 13.8 Å². The minimum atomic E-state index is -0.314. The number of carbonyl (C=O) groups is 2. The highest BCUT2D eigenvalue weighted by Crippen LogP contribution is 2.25. The van der Waals surface area contributed by atoms with Crippen molar-refractivity contribution in [2.75, 3.05) is 11.9 Å². The van der Waals surface area contributed by atoms with Gasteiger partial charge in [0.1, 0.15) is 5.75 Å². The molecule has 0 aliphatic carbocycles. The second kappa shape index (κ2) is 9.26. The number of nitrogens with zero attached hydrogens (tertiary/aromatic N) is 2. The number of ketones is 1. The maximum absolute atomic E-state index is 12.2. The molecular weight excluding hydrogens is 406 g/mol. The first-order valence-corrected chi connectivity index (χ1v) is 10.0. The summed E-state index contributed by atoms with van der Waals surface area (Å²) in [7, 11) is 0. The van der Waals surface area contributed by atoms with Gasteiger partial charge in [0.25, 0.3) is 11.8 Å². The summed E-state index contributed by atoms with van der Waals surface area (Å²) in [4.78, 5) is 28.0. The number of ether oxygens (including phenoxy) is 1. The number of hydrogen-bond donors (Lipinski definition) is 1. The largest absolute Gasteiger partial charge is 0.484 e. The van der Waals surface area contributed by atoms with Gasteiger partial charge in [0, 0.05) is 22.4 Å². The molecule has 4 aromatic rings. The fraction of sp³-hybridized carbons (Fsp3) is 0.120. The van der Waals surface area contributed by atoms with Crippen LogP contribution in [0.4, 0.5) is 5.69 Å². The van der Waals surface area contributed by atoms with Gasteiger partial charge in [0.2, 0.25) is 5.82 Å². The SMILES string of the molecule is CC(=O)c1ccc(NC(=O)COc2cccc(-c3nc(-c4ccc(C)cc4)no3)c2)cc1. The van der Waals surface area contributed by atoms with Crippen molar-refractivity contribution in [3.05, 3.63) is 83.9 Å². The van der Waals surface area contributed by atoms with Crippen LogP contribution in [0.1, 0.15) is 22.8 Å². The van der Waals surface area contributed by atoms with Gasteiger partial charge in [-0.15, -0.1) is 0 Å². The van der Waals surface area contributed by atoms with Crippen LogP contribution in [-0.4, -0.2) is 28.4 Å². The number of anilines is 1. The zero-order valence-corrected chi connectivity index (χ0v) is 17.7. The monoisotopic (exact) mass is 427 g/mol. The van der Waals surface area contributed by atoms with Crippen LogP contribution < -0.4 is 10.1 Å². The molecule has 0 fully saturated rings. The number of hydrogen-bond acceptors (Lipinski definition) is 6. The van der Waals surface area contributed by atoms with E-state index in [-0.39, 0.29) is 18.3 Å². The third kappa shape index (κ3) is 5.07. The molecule has 0 unspecified atom stereocenters. The molecule has 1 N–H and O–H groups in total. The molecule has 3 aromatic carbocycles. The number of nitrogens with one attached hydrogen (secondary N) is 1. The molecule has 32 heavy (non-hydrogen) atoms. The van der Waals surface area contributed by atoms with Crippen molar-refractivity contribution in [3.63, 3.8) is 0 Å². The fourth-order valence-corrected chi connectivity index (χ4v) is 3.01. The fourth-order valence-electron chi connectivity index (χ4n) is 3.01. The molecule has 160 valence electrons. The normalized spacial score (nSPS) is 10.6. The van der Waals surface area contributed by atoms with Crippen molar-refractivity contribution in [1.29, 1.82) is 0 Å². The minimum absolute atomic E-state index is 0.0293. The van der Waals surface area contributed by atoms with Crippen LogP contribution in [0.3, 0.4) is 0 Å². The van der Waals surface area contributed by atoms with E-state index < -0.39 is 0 Å². The standard InChI is InChI=1S/C25H21N3O4/c1-16-6-8-19(9-7-16)24-27-25(32-28-24)20-4-3-5-22(14-20)31-15-23(30)26-21-12-10-18(11-13-21)17(2)29/h3-14H,15H2,1-2H3,(H,26,30). The van der Waals surface area contributed by atoms with Crippen LogP contribution in [0.15, 0.2) is 77.3 Å². The van der Waals surface area contributed by atoms with Gasteiger partial charge in [0.15, 0.2) is 12.4 Å². The molecule has 0 radical (unpaired) electrons. The van der Waals surface area contributed by atoms with E-state index in [1.807, 2.05) is 37.3 Å². The van der Waals surface area contributed by atoms with Gasteiger partial charge >= 0.3 is 0 Å². The molecule has 1 aromatic heterocycles. The zero-order valence-electron chi connectivity index (χ0n) is 17.7. The lowest BCUT2D eigenvalue weighted by Gasteiger charge is -2.08. The van der Waals surface area contributed by atoms with Crippen LogP contribution in [0.2, 0.25) is 0 Å². The van der Waals surface area contributed by atoms with Gasteiger partial charge in [-0.25, -0.2) is 0 Å². The Bertz CT molecular complexity index is 1240. The molecule has 0 saturated carbocycles. The second-order valence-corrected chi connectivity index (χ2v) is 7.29. The molecule has 0 aliphatic rings. The Hall–Kier alpha value is -4.26. The summed E-state index contributed by atoms with van der Waals surface area (Å²) in [6.45, 7) is 3.34. The summed E-state index contributed by atoms with van der Waals surface area (Å²) in [5.41, 5.74) is 3.88. The lowest BCUT2D eigenvalue weighted by Crippen LogP contribution is -2.20. The second-order valence-electron chi connectivity index (χ2n) is 7.29. The summed E-state index contributed by atoms with van der Waals surface area (Å²) in [5.74, 6) is 1.02. The van der Waals surface area contributed by atoms with Gasteiger partial charge < -0.3 is 14.6 Å². The highest BCUT2D eigenvalue weighted by Gasteiger charge is 2.12. The van der Waals surface area contributed by atoms with Crippen LogP contribution in [0.25, 0.3) is 22.8 Å². The van der Waals surface area contributed by atoms with Crippen LogP contribution in [0, 0.1) is 6.92 Å². The Morgan fingerprint density at radius 3 is 2.44 bits per heavy atom. The number of benzene rings is 3. The molecule has 0 atom stereocenters. The van der Waals surface area contributed by atoms with Gasteiger partial charge in [-0.1, -0.05) is 41.1 Å². The molecule has 0 aliphatic heterocycles. The van der Waals surface area contributed by atoms with E-state index >= 15 is 0 Å². The Morgan fingerprint density at radius 2 is 1.72 bits per heavy atom. The summed E-state index contributed by atoms with van der Waals surface area (Å²) < 4.78 is 11.0. The predicted octanol–water partition coefficient (Wildman–Crippen LogP) is 4.93. The van der Waals surface area contributed by atoms with Crippen molar-refractivity contribution >= 4 is 17.4 Å². The third-order valence-electron chi connectivity index (χ3n) is 4.76. The highest BCUT2D eigenvalue weighted by molar-refractivity contribution is 5.96. The molecule has 1 amide bonds. The van der Waals surface area contributed by atoms with Crippen LogP contribution >= 0.6 is 0 Å². The van der Waals surface area contributed by atoms with Gasteiger partial charge in [-0.05, 0) is 56.3 Å². The minimum Gasteiger partial charge on any atom is -0.484 e. The van der Waals surface area contributed by atoms with E-state index in [2.05, 4.69) is 15.5 Å². The van der Waals surface area contributed by atoms with E-state index in [1.54, 1.807) is 42.5 Å². The van der Waals surface area contributed by atoms with Gasteiger partial charge in [-0.3, -0.25) is 9.59 Å². The van der Waals surface area contributed by atoms with E-state index in [0.717, 1.165) is 11.1 Å². The summed E-state index contributed by atoms with van der Waals surface area (Å²) in [5, 5.41) is 6.78. The summed E-state index contributed by atoms with van der Waals surface area (Å²) >= 11 is 0. The smallest absolute Gasteiger partial charge is 0.262 e. The molecule has 0 spiro atoms. The Labute approximate surface area is 185 Å². The van der Waals surface area contributed by atoms with Crippen molar-refractivity contribution in [3.8, 4) is 28.6 Å². The molecular formula is C25H21N3O4. The molecule has 0 saturated heterocycles. The van der Waals surface area contributed by atoms with Crippen LogP contribution in [-0.2, 0) is 4.79 Å². The Morgan fingerprint density at radius 1 is 0.969 bits per heavy atom. The Balaban J connectivity index is 1.38. The highest BCUT2D eigenvalue weighted by atomic mass is 16.5. The van der Waals surface area contributed by atoms with E-state index in [0.29, 0.717) is 34.3 Å². The molecule has 1 heterocycles. The molecule has 0 bridgehead atoms. The quantitative estimate of drug-likeness (QED) is 0.420. The number of rotatable bonds is 7. The summed E-state index contributed by atoms with van der Waals surface area (Å²) in [6.07, 6.45) is 0. The predicted molar refractivity (Wildman–Crippen MR) is 120 cm³/mol. The molecule has 7 heteroatoms. The first-order chi connectivity index (χ1) is 15.5. The van der Waals surface area contributed by atoms with E-state index in [4.69, 9.17) is 9.26 Å². The first kappa shape index (κ1) is 21.0. The number of carbonyl (C=O) groups excluding carboxylic acids is 2. The van der Waals surface area contributed by atoms with Gasteiger partial charge in [-0.2, -0.15) is 4.98 Å². The molecule has 7 nitrogen and oxygen atoms in total. The molecule has 4 rings (SSSR count).